The summed E-state index contributed by atoms with van der Waals surface area (Å²) >= 11 is 0. The van der Waals surface area contributed by atoms with Crippen molar-refractivity contribution in [3.8, 4) is 5.75 Å². The van der Waals surface area contributed by atoms with Gasteiger partial charge in [-0.1, -0.05) is 19.1 Å². The van der Waals surface area contributed by atoms with Gasteiger partial charge in [0.25, 0.3) is 0 Å². The lowest BCUT2D eigenvalue weighted by atomic mass is 9.82. The lowest BCUT2D eigenvalue weighted by Gasteiger charge is -2.33. The highest BCUT2D eigenvalue weighted by Gasteiger charge is 2.24. The van der Waals surface area contributed by atoms with E-state index in [-0.39, 0.29) is 5.75 Å². The number of halogens is 1. The van der Waals surface area contributed by atoms with E-state index in [0.717, 1.165) is 5.92 Å². The number of phenolic OH excluding ortho intramolecular Hbond substituents is 1. The average Bonchev–Trinajstić information content (AvgIpc) is 2.17. The molecule has 1 saturated carbocycles. The number of aromatic hydroxyl groups is 1. The minimum absolute atomic E-state index is 0.225. The molecule has 0 spiro atoms. The molecule has 3 heteroatoms. The molecule has 0 amide bonds. The van der Waals surface area contributed by atoms with Crippen LogP contribution in [0.3, 0.4) is 0 Å². The molecular weight excluding hydrogens is 193 g/mol. The maximum atomic E-state index is 13.0. The molecule has 1 fully saturated rings. The highest BCUT2D eigenvalue weighted by atomic mass is 19.1. The lowest BCUT2D eigenvalue weighted by molar-refractivity contribution is 0.239. The fourth-order valence-corrected chi connectivity index (χ4v) is 2.03. The SMILES string of the molecule is CC1CC(NCc2cccc(F)c2O)C1. The number of rotatable bonds is 3. The Labute approximate surface area is 89.1 Å². The van der Waals surface area contributed by atoms with E-state index in [1.54, 1.807) is 12.1 Å². The van der Waals surface area contributed by atoms with Gasteiger partial charge in [0, 0.05) is 18.2 Å². The molecule has 2 N–H and O–H groups in total. The van der Waals surface area contributed by atoms with Crippen molar-refractivity contribution in [1.82, 2.24) is 5.32 Å². The van der Waals surface area contributed by atoms with Crippen molar-refractivity contribution in [1.29, 1.82) is 0 Å². The van der Waals surface area contributed by atoms with Gasteiger partial charge in [0.2, 0.25) is 0 Å². The quantitative estimate of drug-likeness (QED) is 0.801. The van der Waals surface area contributed by atoms with Crippen LogP contribution in [0.2, 0.25) is 0 Å². The zero-order chi connectivity index (χ0) is 10.8. The number of nitrogens with one attached hydrogen (secondary N) is 1. The van der Waals surface area contributed by atoms with Gasteiger partial charge in [-0.25, -0.2) is 4.39 Å². The molecule has 1 aromatic rings. The first-order valence-corrected chi connectivity index (χ1v) is 5.36. The summed E-state index contributed by atoms with van der Waals surface area (Å²) in [6, 6.07) is 5.16. The topological polar surface area (TPSA) is 32.3 Å². The first-order chi connectivity index (χ1) is 7.16. The van der Waals surface area contributed by atoms with Crippen LogP contribution in [0, 0.1) is 11.7 Å². The number of hydrogen-bond donors (Lipinski definition) is 2. The third-order valence-corrected chi connectivity index (χ3v) is 3.03. The molecule has 0 atom stereocenters. The summed E-state index contributed by atoms with van der Waals surface area (Å²) in [7, 11) is 0. The molecule has 0 bridgehead atoms. The molecule has 82 valence electrons. The summed E-state index contributed by atoms with van der Waals surface area (Å²) in [6.07, 6.45) is 2.35. The van der Waals surface area contributed by atoms with E-state index < -0.39 is 5.82 Å². The standard InChI is InChI=1S/C12H16FNO/c1-8-5-10(6-8)14-7-9-3-2-4-11(13)12(9)15/h2-4,8,10,14-15H,5-7H2,1H3. The second-order valence-corrected chi connectivity index (χ2v) is 4.40. The first kappa shape index (κ1) is 10.4. The predicted molar refractivity (Wildman–Crippen MR) is 57.1 cm³/mol. The summed E-state index contributed by atoms with van der Waals surface area (Å²) < 4.78 is 13.0. The molecule has 0 heterocycles. The van der Waals surface area contributed by atoms with Crippen molar-refractivity contribution in [2.24, 2.45) is 5.92 Å². The van der Waals surface area contributed by atoms with Crippen LogP contribution in [0.1, 0.15) is 25.3 Å². The van der Waals surface area contributed by atoms with Gasteiger partial charge in [0.1, 0.15) is 0 Å². The van der Waals surface area contributed by atoms with Crippen LogP contribution in [0.25, 0.3) is 0 Å². The average molecular weight is 209 g/mol. The molecule has 0 unspecified atom stereocenters. The second-order valence-electron chi connectivity index (χ2n) is 4.40. The highest BCUT2D eigenvalue weighted by molar-refractivity contribution is 5.33. The van der Waals surface area contributed by atoms with E-state index in [0.29, 0.717) is 18.2 Å². The minimum atomic E-state index is -0.545. The molecule has 0 radical (unpaired) electrons. The van der Waals surface area contributed by atoms with E-state index >= 15 is 0 Å². The third kappa shape index (κ3) is 2.29. The maximum Gasteiger partial charge on any atom is 0.165 e. The van der Waals surface area contributed by atoms with Crippen LogP contribution in [-0.4, -0.2) is 11.1 Å². The zero-order valence-corrected chi connectivity index (χ0v) is 8.83. The number of phenols is 1. The Balaban J connectivity index is 1.91. The molecule has 1 aromatic carbocycles. The molecule has 0 saturated heterocycles. The summed E-state index contributed by atoms with van der Waals surface area (Å²) in [4.78, 5) is 0. The predicted octanol–water partition coefficient (Wildman–Crippen LogP) is 2.42. The number of hydrogen-bond acceptors (Lipinski definition) is 2. The third-order valence-electron chi connectivity index (χ3n) is 3.03. The largest absolute Gasteiger partial charge is 0.505 e. The van der Waals surface area contributed by atoms with Crippen LogP contribution in [-0.2, 0) is 6.54 Å². The number of benzene rings is 1. The van der Waals surface area contributed by atoms with Gasteiger partial charge in [-0.05, 0) is 24.8 Å². The molecule has 2 nitrogen and oxygen atoms in total. The smallest absolute Gasteiger partial charge is 0.165 e. The van der Waals surface area contributed by atoms with Crippen LogP contribution in [0.15, 0.2) is 18.2 Å². The molecule has 15 heavy (non-hydrogen) atoms. The Bertz CT molecular complexity index is 347. The monoisotopic (exact) mass is 209 g/mol. The zero-order valence-electron chi connectivity index (χ0n) is 8.83. The van der Waals surface area contributed by atoms with Crippen LogP contribution < -0.4 is 5.32 Å². The lowest BCUT2D eigenvalue weighted by Crippen LogP contribution is -2.39. The Morgan fingerprint density at radius 2 is 2.20 bits per heavy atom. The van der Waals surface area contributed by atoms with Crippen LogP contribution >= 0.6 is 0 Å². The molecular formula is C12H16FNO. The Hall–Kier alpha value is -1.09. The van der Waals surface area contributed by atoms with Gasteiger partial charge in [0.15, 0.2) is 11.6 Å². The fraction of sp³-hybridized carbons (Fsp3) is 0.500. The van der Waals surface area contributed by atoms with E-state index in [1.807, 2.05) is 0 Å². The van der Waals surface area contributed by atoms with Crippen LogP contribution in [0.4, 0.5) is 4.39 Å². The van der Waals surface area contributed by atoms with E-state index in [1.165, 1.54) is 18.9 Å². The van der Waals surface area contributed by atoms with Crippen molar-refractivity contribution >= 4 is 0 Å². The Morgan fingerprint density at radius 3 is 2.87 bits per heavy atom. The first-order valence-electron chi connectivity index (χ1n) is 5.36. The Kier molecular flexibility index (Phi) is 2.91. The fourth-order valence-electron chi connectivity index (χ4n) is 2.03. The van der Waals surface area contributed by atoms with Crippen LogP contribution in [0.5, 0.6) is 5.75 Å². The molecule has 0 aromatic heterocycles. The minimum Gasteiger partial charge on any atom is -0.505 e. The number of para-hydroxylation sites is 1. The van der Waals surface area contributed by atoms with Gasteiger partial charge in [-0.3, -0.25) is 0 Å². The van der Waals surface area contributed by atoms with Crippen molar-refractivity contribution in [3.63, 3.8) is 0 Å². The van der Waals surface area contributed by atoms with E-state index in [2.05, 4.69) is 12.2 Å². The van der Waals surface area contributed by atoms with Gasteiger partial charge in [-0.2, -0.15) is 0 Å². The molecule has 1 aliphatic rings. The van der Waals surface area contributed by atoms with Gasteiger partial charge < -0.3 is 10.4 Å². The summed E-state index contributed by atoms with van der Waals surface area (Å²) in [5.74, 6) is 0.0252. The van der Waals surface area contributed by atoms with Crippen molar-refractivity contribution in [3.05, 3.63) is 29.6 Å². The van der Waals surface area contributed by atoms with E-state index in [9.17, 15) is 9.50 Å². The maximum absolute atomic E-state index is 13.0. The normalized spacial score (nSPS) is 24.9. The van der Waals surface area contributed by atoms with Gasteiger partial charge in [0.05, 0.1) is 0 Å². The molecule has 1 aliphatic carbocycles. The van der Waals surface area contributed by atoms with Gasteiger partial charge in [-0.15, -0.1) is 0 Å². The Morgan fingerprint density at radius 1 is 1.47 bits per heavy atom. The van der Waals surface area contributed by atoms with Crippen molar-refractivity contribution in [2.75, 3.05) is 0 Å². The highest BCUT2D eigenvalue weighted by Crippen LogP contribution is 2.27. The van der Waals surface area contributed by atoms with Gasteiger partial charge >= 0.3 is 0 Å². The summed E-state index contributed by atoms with van der Waals surface area (Å²) in [5.41, 5.74) is 0.634. The summed E-state index contributed by atoms with van der Waals surface area (Å²) in [6.45, 7) is 2.76. The second kappa shape index (κ2) is 4.19. The molecule has 2 rings (SSSR count). The van der Waals surface area contributed by atoms with Crippen molar-refractivity contribution in [2.45, 2.75) is 32.4 Å². The van der Waals surface area contributed by atoms with Crippen molar-refractivity contribution < 1.29 is 9.50 Å². The van der Waals surface area contributed by atoms with E-state index in [4.69, 9.17) is 0 Å². The molecule has 0 aliphatic heterocycles. The summed E-state index contributed by atoms with van der Waals surface area (Å²) in [5, 5.41) is 12.7.